The lowest BCUT2D eigenvalue weighted by molar-refractivity contribution is 1.35. The van der Waals surface area contributed by atoms with Crippen LogP contribution >= 0.6 is 16.1 Å². The Morgan fingerprint density at radius 3 is 2.00 bits per heavy atom. The van der Waals surface area contributed by atoms with Crippen molar-refractivity contribution in [3.8, 4) is 0 Å². The van der Waals surface area contributed by atoms with Gasteiger partial charge in [-0.2, -0.15) is 3.39 Å². The van der Waals surface area contributed by atoms with Crippen LogP contribution in [0.3, 0.4) is 0 Å². The molecule has 0 spiro atoms. The Bertz CT molecular complexity index is 491. The first-order valence-corrected chi connectivity index (χ1v) is 6.88. The van der Waals surface area contributed by atoms with Gasteiger partial charge in [0.25, 0.3) is 0 Å². The van der Waals surface area contributed by atoms with Crippen molar-refractivity contribution < 1.29 is 0 Å². The Hall–Kier alpha value is -0.930. The highest BCUT2D eigenvalue weighted by Crippen LogP contribution is 2.20. The molecule has 0 bridgehead atoms. The molecule has 0 heterocycles. The first-order chi connectivity index (χ1) is 7.81. The molecule has 0 radical (unpaired) electrons. The normalized spacial score (nSPS) is 12.6. The Morgan fingerprint density at radius 1 is 0.875 bits per heavy atom. The van der Waals surface area contributed by atoms with E-state index in [1.54, 1.807) is 0 Å². The maximum absolute atomic E-state index is 4.30. The molecule has 82 valence electrons. The molecule has 0 aliphatic rings. The number of hydrogen-bond acceptors (Lipinski definition) is 1. The largest absolute Gasteiger partial charge is 0.177 e. The molecular weight excluding hydrogens is 282 g/mol. The predicted octanol–water partition coefficient (Wildman–Crippen LogP) is 4.52. The zero-order valence-corrected chi connectivity index (χ0v) is 11.3. The van der Waals surface area contributed by atoms with E-state index < -0.39 is 0 Å². The Balaban J connectivity index is 2.42. The van der Waals surface area contributed by atoms with E-state index >= 15 is 0 Å². The van der Waals surface area contributed by atoms with E-state index in [2.05, 4.69) is 62.9 Å². The molecule has 1 nitrogen and oxygen atoms in total. The molecular formula is C13H12BrNS. The first kappa shape index (κ1) is 11.6. The number of nitrogens with zero attached hydrogens (tertiary/aromatic N) is 1. The highest BCUT2D eigenvalue weighted by molar-refractivity contribution is 9.09. The lowest BCUT2D eigenvalue weighted by Gasteiger charge is -2.06. The summed E-state index contributed by atoms with van der Waals surface area (Å²) in [5.41, 5.74) is 1.27. The van der Waals surface area contributed by atoms with Gasteiger partial charge in [0, 0.05) is 9.79 Å². The van der Waals surface area contributed by atoms with Gasteiger partial charge in [-0.3, -0.25) is 0 Å². The summed E-state index contributed by atoms with van der Waals surface area (Å²) in [5.74, 6) is 0. The SMILES string of the molecule is Cc1ccc(/S(=N/Br)c2ccccc2)cc1. The molecule has 3 heteroatoms. The Kier molecular flexibility index (Phi) is 3.91. The van der Waals surface area contributed by atoms with Crippen LogP contribution in [-0.2, 0) is 10.7 Å². The van der Waals surface area contributed by atoms with E-state index in [0.717, 1.165) is 0 Å². The van der Waals surface area contributed by atoms with Crippen LogP contribution in [-0.4, -0.2) is 0 Å². The fourth-order valence-corrected chi connectivity index (χ4v) is 3.68. The van der Waals surface area contributed by atoms with Crippen LogP contribution in [0.2, 0.25) is 0 Å². The van der Waals surface area contributed by atoms with Gasteiger partial charge in [-0.25, -0.2) is 0 Å². The van der Waals surface area contributed by atoms with Crippen LogP contribution in [0.25, 0.3) is 0 Å². The molecule has 0 saturated heterocycles. The van der Waals surface area contributed by atoms with Crippen LogP contribution < -0.4 is 0 Å². The van der Waals surface area contributed by atoms with Gasteiger partial charge < -0.3 is 0 Å². The molecule has 1 atom stereocenters. The van der Waals surface area contributed by atoms with E-state index in [-0.39, 0.29) is 10.7 Å². The second-order valence-electron chi connectivity index (χ2n) is 3.48. The van der Waals surface area contributed by atoms with Gasteiger partial charge in [0.15, 0.2) is 0 Å². The van der Waals surface area contributed by atoms with Gasteiger partial charge >= 0.3 is 0 Å². The Morgan fingerprint density at radius 2 is 1.44 bits per heavy atom. The molecule has 0 aliphatic heterocycles. The molecule has 0 fully saturated rings. The standard InChI is InChI=1S/C13H12BrNS/c1-11-7-9-13(10-8-11)16(15-14)12-5-3-2-4-6-12/h2-10H,1H3. The molecule has 1 unspecified atom stereocenters. The minimum absolute atomic E-state index is 0.225. The number of benzene rings is 2. The summed E-state index contributed by atoms with van der Waals surface area (Å²) < 4.78 is 4.30. The Labute approximate surface area is 107 Å². The summed E-state index contributed by atoms with van der Waals surface area (Å²) >= 11 is 3.25. The zero-order valence-electron chi connectivity index (χ0n) is 8.93. The van der Waals surface area contributed by atoms with E-state index in [1.807, 2.05) is 18.2 Å². The zero-order chi connectivity index (χ0) is 11.4. The van der Waals surface area contributed by atoms with Crippen molar-refractivity contribution in [2.75, 3.05) is 0 Å². The van der Waals surface area contributed by atoms with E-state index in [9.17, 15) is 0 Å². The highest BCUT2D eigenvalue weighted by Gasteiger charge is 2.03. The molecule has 0 N–H and O–H groups in total. The van der Waals surface area contributed by atoms with Gasteiger partial charge in [-0.05, 0) is 41.9 Å². The van der Waals surface area contributed by atoms with E-state index in [0.29, 0.717) is 0 Å². The fourth-order valence-electron chi connectivity index (χ4n) is 1.43. The van der Waals surface area contributed by atoms with E-state index in [1.165, 1.54) is 15.4 Å². The average molecular weight is 294 g/mol. The van der Waals surface area contributed by atoms with Crippen molar-refractivity contribution in [2.45, 2.75) is 16.7 Å². The van der Waals surface area contributed by atoms with Gasteiger partial charge in [-0.1, -0.05) is 35.9 Å². The second kappa shape index (κ2) is 5.41. The monoisotopic (exact) mass is 293 g/mol. The molecule has 0 aromatic heterocycles. The molecule has 2 rings (SSSR count). The number of hydrogen-bond donors (Lipinski definition) is 0. The maximum atomic E-state index is 4.30. The third-order valence-electron chi connectivity index (χ3n) is 2.28. The average Bonchev–Trinajstić information content (AvgIpc) is 2.34. The third-order valence-corrected chi connectivity index (χ3v) is 4.72. The van der Waals surface area contributed by atoms with Crippen LogP contribution in [0, 0.1) is 6.92 Å². The quantitative estimate of drug-likeness (QED) is 0.772. The van der Waals surface area contributed by atoms with Crippen molar-refractivity contribution in [3.63, 3.8) is 0 Å². The van der Waals surface area contributed by atoms with Gasteiger partial charge in [0.05, 0.1) is 16.1 Å². The minimum atomic E-state index is -0.225. The third kappa shape index (κ3) is 2.60. The summed E-state index contributed by atoms with van der Waals surface area (Å²) in [6.07, 6.45) is 0. The van der Waals surface area contributed by atoms with Crippen LogP contribution in [0.5, 0.6) is 0 Å². The number of aryl methyl sites for hydroxylation is 1. The van der Waals surface area contributed by atoms with Crippen molar-refractivity contribution in [3.05, 3.63) is 60.2 Å². The molecule has 2 aromatic rings. The summed E-state index contributed by atoms with van der Waals surface area (Å²) in [7, 11) is -0.225. The van der Waals surface area contributed by atoms with Gasteiger partial charge in [-0.15, -0.1) is 0 Å². The lowest BCUT2D eigenvalue weighted by Crippen LogP contribution is -1.91. The van der Waals surface area contributed by atoms with E-state index in [4.69, 9.17) is 0 Å². The highest BCUT2D eigenvalue weighted by atomic mass is 79.9. The fraction of sp³-hybridized carbons (Fsp3) is 0.0769. The number of rotatable bonds is 2. The molecule has 0 amide bonds. The van der Waals surface area contributed by atoms with Crippen molar-refractivity contribution >= 4 is 26.8 Å². The lowest BCUT2D eigenvalue weighted by atomic mass is 10.2. The molecule has 0 saturated carbocycles. The first-order valence-electron chi connectivity index (χ1n) is 4.99. The van der Waals surface area contributed by atoms with Crippen LogP contribution in [0.4, 0.5) is 0 Å². The van der Waals surface area contributed by atoms with Crippen molar-refractivity contribution in [1.82, 2.24) is 0 Å². The topological polar surface area (TPSA) is 12.4 Å². The minimum Gasteiger partial charge on any atom is -0.177 e. The summed E-state index contributed by atoms with van der Waals surface area (Å²) in [5, 5.41) is 0. The summed E-state index contributed by atoms with van der Waals surface area (Å²) in [4.78, 5) is 2.46. The van der Waals surface area contributed by atoms with Gasteiger partial charge in [0.2, 0.25) is 0 Å². The molecule has 2 aromatic carbocycles. The predicted molar refractivity (Wildman–Crippen MR) is 72.9 cm³/mol. The second-order valence-corrected chi connectivity index (χ2v) is 6.00. The maximum Gasteiger partial charge on any atom is 0.0828 e. The molecule has 0 aliphatic carbocycles. The van der Waals surface area contributed by atoms with Crippen molar-refractivity contribution in [1.29, 1.82) is 0 Å². The van der Waals surface area contributed by atoms with Crippen molar-refractivity contribution in [2.24, 2.45) is 3.39 Å². The van der Waals surface area contributed by atoms with Crippen LogP contribution in [0.15, 0.2) is 67.8 Å². The van der Waals surface area contributed by atoms with Gasteiger partial charge in [0.1, 0.15) is 0 Å². The summed E-state index contributed by atoms with van der Waals surface area (Å²) in [6.45, 7) is 2.09. The van der Waals surface area contributed by atoms with Crippen LogP contribution in [0.1, 0.15) is 5.56 Å². The molecule has 16 heavy (non-hydrogen) atoms. The number of halogens is 1. The smallest absolute Gasteiger partial charge is 0.0828 e. The summed E-state index contributed by atoms with van der Waals surface area (Å²) in [6, 6.07) is 18.8.